The van der Waals surface area contributed by atoms with Crippen LogP contribution in [0.2, 0.25) is 0 Å². The van der Waals surface area contributed by atoms with Crippen molar-refractivity contribution >= 4 is 51.4 Å². The number of hydrogen-bond acceptors (Lipinski definition) is 8. The van der Waals surface area contributed by atoms with E-state index in [1.54, 1.807) is 17.5 Å². The van der Waals surface area contributed by atoms with Gasteiger partial charge in [0.15, 0.2) is 4.34 Å². The molecule has 0 aromatic carbocycles. The van der Waals surface area contributed by atoms with Gasteiger partial charge < -0.3 is 5.32 Å². The Bertz CT molecular complexity index is 582. The first kappa shape index (κ1) is 14.9. The second-order valence-corrected chi connectivity index (χ2v) is 6.69. The molecule has 2 aromatic heterocycles. The maximum Gasteiger partial charge on any atom is 0.267 e. The second-order valence-electron chi connectivity index (χ2n) is 3.55. The highest BCUT2D eigenvalue weighted by molar-refractivity contribution is 8.01. The van der Waals surface area contributed by atoms with E-state index in [2.05, 4.69) is 20.8 Å². The van der Waals surface area contributed by atoms with Crippen LogP contribution < -0.4 is 10.6 Å². The van der Waals surface area contributed by atoms with Crippen LogP contribution >= 0.6 is 34.4 Å². The topological polar surface area (TPSA) is 84.0 Å². The Morgan fingerprint density at radius 2 is 2.25 bits per heavy atom. The Morgan fingerprint density at radius 3 is 2.95 bits per heavy atom. The Labute approximate surface area is 128 Å². The fourth-order valence-electron chi connectivity index (χ4n) is 1.25. The fourth-order valence-corrected chi connectivity index (χ4v) is 3.49. The number of nitrogens with zero attached hydrogens (tertiary/aromatic N) is 2. The lowest BCUT2D eigenvalue weighted by Gasteiger charge is -2.00. The van der Waals surface area contributed by atoms with Gasteiger partial charge in [-0.1, -0.05) is 29.2 Å². The molecule has 0 saturated heterocycles. The van der Waals surface area contributed by atoms with Crippen LogP contribution in [0.15, 0.2) is 21.9 Å². The summed E-state index contributed by atoms with van der Waals surface area (Å²) >= 11 is 3.94. The van der Waals surface area contributed by atoms with E-state index in [0.717, 1.165) is 11.7 Å². The van der Waals surface area contributed by atoms with Crippen LogP contribution in [0.3, 0.4) is 0 Å². The molecular weight excluding hydrogens is 316 g/mol. The maximum absolute atomic E-state index is 11.7. The summed E-state index contributed by atoms with van der Waals surface area (Å²) in [5.41, 5.74) is 0. The fraction of sp³-hybridized carbons (Fsp3) is 0.273. The van der Waals surface area contributed by atoms with Crippen LogP contribution in [-0.2, 0) is 4.79 Å². The quantitative estimate of drug-likeness (QED) is 0.790. The van der Waals surface area contributed by atoms with Crippen LogP contribution in [0.1, 0.15) is 16.6 Å². The van der Waals surface area contributed by atoms with Gasteiger partial charge in [0.25, 0.3) is 5.91 Å². The third kappa shape index (κ3) is 4.29. The summed E-state index contributed by atoms with van der Waals surface area (Å²) < 4.78 is 0.694. The minimum absolute atomic E-state index is 0.137. The van der Waals surface area contributed by atoms with Gasteiger partial charge in [-0.05, 0) is 18.4 Å². The molecule has 2 heterocycles. The third-order valence-electron chi connectivity index (χ3n) is 2.06. The summed E-state index contributed by atoms with van der Waals surface area (Å²) in [6.45, 7) is 2.74. The van der Waals surface area contributed by atoms with Crippen molar-refractivity contribution in [3.05, 3.63) is 22.4 Å². The largest absolute Gasteiger partial charge is 0.360 e. The van der Waals surface area contributed by atoms with E-state index in [4.69, 9.17) is 0 Å². The monoisotopic (exact) mass is 328 g/mol. The molecule has 0 radical (unpaired) electrons. The molecule has 0 fully saturated rings. The number of nitrogens with one attached hydrogen (secondary N) is 2. The number of carbonyl (C=O) groups is 2. The minimum atomic E-state index is -0.365. The standard InChI is InChI=1S/C11H12N4O2S3/c1-2-12-10-14-15-11(20-10)19-6-8(16)13-9(17)7-4-3-5-18-7/h3-5H,2,6H2,1H3,(H,12,14)(H,13,16,17). The number of thiophene rings is 1. The Balaban J connectivity index is 1.78. The van der Waals surface area contributed by atoms with E-state index in [-0.39, 0.29) is 17.6 Å². The highest BCUT2D eigenvalue weighted by Crippen LogP contribution is 2.25. The molecule has 20 heavy (non-hydrogen) atoms. The molecule has 9 heteroatoms. The predicted molar refractivity (Wildman–Crippen MR) is 81.6 cm³/mol. The normalized spacial score (nSPS) is 10.2. The molecular formula is C11H12N4O2S3. The number of thioether (sulfide) groups is 1. The summed E-state index contributed by atoms with van der Waals surface area (Å²) in [5.74, 6) is -0.567. The molecule has 2 amide bonds. The van der Waals surface area contributed by atoms with Crippen molar-refractivity contribution in [3.8, 4) is 0 Å². The summed E-state index contributed by atoms with van der Waals surface area (Å²) in [6, 6.07) is 3.44. The van der Waals surface area contributed by atoms with E-state index >= 15 is 0 Å². The van der Waals surface area contributed by atoms with Crippen LogP contribution in [0, 0.1) is 0 Å². The van der Waals surface area contributed by atoms with Crippen molar-refractivity contribution in [2.24, 2.45) is 0 Å². The molecule has 6 nitrogen and oxygen atoms in total. The number of aromatic nitrogens is 2. The lowest BCUT2D eigenvalue weighted by atomic mass is 10.4. The van der Waals surface area contributed by atoms with Crippen LogP contribution in [0.25, 0.3) is 0 Å². The first-order valence-corrected chi connectivity index (χ1v) is 8.45. The van der Waals surface area contributed by atoms with Crippen molar-refractivity contribution < 1.29 is 9.59 Å². The first-order chi connectivity index (χ1) is 9.69. The summed E-state index contributed by atoms with van der Waals surface area (Å²) in [4.78, 5) is 23.8. The molecule has 0 aliphatic heterocycles. The summed E-state index contributed by atoms with van der Waals surface area (Å²) in [5, 5.41) is 15.8. The average molecular weight is 328 g/mol. The number of imide groups is 1. The Hall–Kier alpha value is -1.45. The number of amides is 2. The van der Waals surface area contributed by atoms with Crippen LogP contribution in [0.5, 0.6) is 0 Å². The molecule has 106 valence electrons. The van der Waals surface area contributed by atoms with E-state index in [0.29, 0.717) is 9.22 Å². The number of hydrogen-bond donors (Lipinski definition) is 2. The minimum Gasteiger partial charge on any atom is -0.360 e. The first-order valence-electron chi connectivity index (χ1n) is 5.77. The van der Waals surface area contributed by atoms with Gasteiger partial charge in [0.2, 0.25) is 11.0 Å². The van der Waals surface area contributed by atoms with Crippen LogP contribution in [0.4, 0.5) is 5.13 Å². The molecule has 0 spiro atoms. The second kappa shape index (κ2) is 7.36. The van der Waals surface area contributed by atoms with Gasteiger partial charge in [-0.3, -0.25) is 14.9 Å². The zero-order valence-electron chi connectivity index (χ0n) is 10.6. The lowest BCUT2D eigenvalue weighted by molar-refractivity contribution is -0.117. The number of anilines is 1. The zero-order valence-corrected chi connectivity index (χ0v) is 13.0. The maximum atomic E-state index is 11.7. The molecule has 0 bridgehead atoms. The molecule has 2 rings (SSSR count). The van der Waals surface area contributed by atoms with Crippen molar-refractivity contribution in [2.75, 3.05) is 17.6 Å². The third-order valence-corrected chi connectivity index (χ3v) is 4.94. The van der Waals surface area contributed by atoms with Crippen LogP contribution in [-0.4, -0.2) is 34.3 Å². The van der Waals surface area contributed by atoms with Gasteiger partial charge in [-0.25, -0.2) is 0 Å². The van der Waals surface area contributed by atoms with Gasteiger partial charge in [-0.15, -0.1) is 21.5 Å². The smallest absolute Gasteiger partial charge is 0.267 e. The van der Waals surface area contributed by atoms with Crippen molar-refractivity contribution in [3.63, 3.8) is 0 Å². The molecule has 0 saturated carbocycles. The van der Waals surface area contributed by atoms with Gasteiger partial charge in [-0.2, -0.15) is 0 Å². The van der Waals surface area contributed by atoms with Crippen molar-refractivity contribution in [1.82, 2.24) is 15.5 Å². The lowest BCUT2D eigenvalue weighted by Crippen LogP contribution is -2.31. The van der Waals surface area contributed by atoms with Gasteiger partial charge in [0.05, 0.1) is 10.6 Å². The zero-order chi connectivity index (χ0) is 14.4. The van der Waals surface area contributed by atoms with E-state index in [1.807, 2.05) is 6.92 Å². The Morgan fingerprint density at radius 1 is 1.40 bits per heavy atom. The van der Waals surface area contributed by atoms with E-state index in [9.17, 15) is 9.59 Å². The van der Waals surface area contributed by atoms with E-state index in [1.165, 1.54) is 34.4 Å². The number of carbonyl (C=O) groups excluding carboxylic acids is 2. The van der Waals surface area contributed by atoms with E-state index < -0.39 is 0 Å². The predicted octanol–water partition coefficient (Wildman–Crippen LogP) is 2.08. The van der Waals surface area contributed by atoms with Gasteiger partial charge in [0.1, 0.15) is 0 Å². The highest BCUT2D eigenvalue weighted by Gasteiger charge is 2.12. The van der Waals surface area contributed by atoms with Crippen molar-refractivity contribution in [2.45, 2.75) is 11.3 Å². The molecule has 0 unspecified atom stereocenters. The molecule has 2 aromatic rings. The van der Waals surface area contributed by atoms with Gasteiger partial charge >= 0.3 is 0 Å². The molecule has 0 atom stereocenters. The molecule has 0 aliphatic rings. The van der Waals surface area contributed by atoms with Crippen molar-refractivity contribution in [1.29, 1.82) is 0 Å². The van der Waals surface area contributed by atoms with Gasteiger partial charge in [0, 0.05) is 6.54 Å². The number of rotatable bonds is 6. The molecule has 0 aliphatic carbocycles. The highest BCUT2D eigenvalue weighted by atomic mass is 32.2. The average Bonchev–Trinajstić information content (AvgIpc) is 3.08. The SMILES string of the molecule is CCNc1nnc(SCC(=O)NC(=O)c2cccs2)s1. The summed E-state index contributed by atoms with van der Waals surface area (Å²) in [7, 11) is 0. The summed E-state index contributed by atoms with van der Waals surface area (Å²) in [6.07, 6.45) is 0. The Kier molecular flexibility index (Phi) is 5.50. The molecule has 2 N–H and O–H groups in total.